The van der Waals surface area contributed by atoms with Crippen molar-refractivity contribution in [3.05, 3.63) is 53.1 Å². The van der Waals surface area contributed by atoms with E-state index in [0.717, 1.165) is 44.7 Å². The average molecular weight is 411 g/mol. The van der Waals surface area contributed by atoms with Gasteiger partial charge in [0, 0.05) is 10.6 Å². The largest absolute Gasteiger partial charge is 0.325 e. The minimum Gasteiger partial charge on any atom is -0.325 e. The molecule has 2 aromatic carbocycles. The van der Waals surface area contributed by atoms with Gasteiger partial charge in [-0.05, 0) is 83.9 Å². The standard InChI is InChI=1S/C19H18N6OS2/c1-12-4-5-13(2)17(8-12)25-19(22-23-24-25)27-10-18(26)21-16-7-6-15(28-11-20)9-14(16)3/h4-9H,10H2,1-3H3,(H,21,26). The lowest BCUT2D eigenvalue weighted by molar-refractivity contribution is -0.113. The zero-order chi connectivity index (χ0) is 20.1. The second-order valence-corrected chi connectivity index (χ2v) is 7.97. The van der Waals surface area contributed by atoms with E-state index in [4.69, 9.17) is 5.26 Å². The Bertz CT molecular complexity index is 1060. The third-order valence-electron chi connectivity index (χ3n) is 4.00. The van der Waals surface area contributed by atoms with Crippen LogP contribution >= 0.6 is 23.5 Å². The predicted molar refractivity (Wildman–Crippen MR) is 111 cm³/mol. The van der Waals surface area contributed by atoms with Crippen molar-refractivity contribution in [1.29, 1.82) is 5.26 Å². The van der Waals surface area contributed by atoms with Gasteiger partial charge in [-0.2, -0.15) is 9.94 Å². The van der Waals surface area contributed by atoms with E-state index in [9.17, 15) is 4.79 Å². The van der Waals surface area contributed by atoms with E-state index in [1.54, 1.807) is 10.7 Å². The third-order valence-corrected chi connectivity index (χ3v) is 5.50. The van der Waals surface area contributed by atoms with Crippen LogP contribution in [0.4, 0.5) is 5.69 Å². The molecule has 0 saturated heterocycles. The summed E-state index contributed by atoms with van der Waals surface area (Å²) in [7, 11) is 0. The summed E-state index contributed by atoms with van der Waals surface area (Å²) in [5, 5.41) is 26.1. The number of aromatic nitrogens is 4. The molecular formula is C19H18N6OS2. The number of hydrogen-bond donors (Lipinski definition) is 1. The minimum atomic E-state index is -0.149. The number of nitrogens with zero attached hydrogens (tertiary/aromatic N) is 5. The fourth-order valence-corrected chi connectivity index (χ4v) is 3.74. The van der Waals surface area contributed by atoms with Gasteiger partial charge in [0.1, 0.15) is 5.40 Å². The van der Waals surface area contributed by atoms with Gasteiger partial charge >= 0.3 is 0 Å². The van der Waals surface area contributed by atoms with Crippen LogP contribution < -0.4 is 5.32 Å². The number of amides is 1. The first-order chi connectivity index (χ1) is 13.5. The van der Waals surface area contributed by atoms with E-state index in [1.807, 2.05) is 56.5 Å². The van der Waals surface area contributed by atoms with Gasteiger partial charge in [0.2, 0.25) is 11.1 Å². The van der Waals surface area contributed by atoms with Crippen molar-refractivity contribution in [2.45, 2.75) is 30.8 Å². The van der Waals surface area contributed by atoms with Crippen molar-refractivity contribution in [2.24, 2.45) is 0 Å². The van der Waals surface area contributed by atoms with Crippen LogP contribution in [0.15, 0.2) is 46.5 Å². The summed E-state index contributed by atoms with van der Waals surface area (Å²) in [5.74, 6) is 0.0311. The number of thioether (sulfide) groups is 2. The predicted octanol–water partition coefficient (Wildman–Crippen LogP) is 3.89. The van der Waals surface area contributed by atoms with Crippen LogP contribution in [-0.2, 0) is 4.79 Å². The molecule has 1 aromatic heterocycles. The van der Waals surface area contributed by atoms with Gasteiger partial charge in [-0.1, -0.05) is 23.9 Å². The Morgan fingerprint density at radius 2 is 2.00 bits per heavy atom. The number of benzene rings is 2. The number of carbonyl (C=O) groups is 1. The van der Waals surface area contributed by atoms with Crippen LogP contribution in [0.25, 0.3) is 5.69 Å². The topological polar surface area (TPSA) is 96.5 Å². The van der Waals surface area contributed by atoms with Crippen molar-refractivity contribution in [1.82, 2.24) is 20.2 Å². The van der Waals surface area contributed by atoms with Gasteiger partial charge in [-0.15, -0.1) is 5.10 Å². The summed E-state index contributed by atoms with van der Waals surface area (Å²) in [4.78, 5) is 13.2. The lowest BCUT2D eigenvalue weighted by Gasteiger charge is -2.10. The number of aryl methyl sites for hydroxylation is 3. The Morgan fingerprint density at radius 3 is 2.75 bits per heavy atom. The Labute approximate surface area is 171 Å². The summed E-state index contributed by atoms with van der Waals surface area (Å²) in [6.07, 6.45) is 0. The maximum Gasteiger partial charge on any atom is 0.234 e. The molecule has 0 spiro atoms. The Kier molecular flexibility index (Phi) is 6.34. The smallest absolute Gasteiger partial charge is 0.234 e. The highest BCUT2D eigenvalue weighted by molar-refractivity contribution is 8.03. The first kappa shape index (κ1) is 19.9. The van der Waals surface area contributed by atoms with Crippen LogP contribution in [0.1, 0.15) is 16.7 Å². The second kappa shape index (κ2) is 8.91. The highest BCUT2D eigenvalue weighted by Gasteiger charge is 2.14. The van der Waals surface area contributed by atoms with E-state index < -0.39 is 0 Å². The Hall–Kier alpha value is -2.83. The lowest BCUT2D eigenvalue weighted by Crippen LogP contribution is -2.15. The molecule has 1 heterocycles. The number of nitriles is 1. The summed E-state index contributed by atoms with van der Waals surface area (Å²) in [5.41, 5.74) is 4.68. The summed E-state index contributed by atoms with van der Waals surface area (Å²) in [6, 6.07) is 11.6. The molecule has 1 amide bonds. The molecule has 1 N–H and O–H groups in total. The van der Waals surface area contributed by atoms with Crippen LogP contribution in [-0.4, -0.2) is 31.9 Å². The number of rotatable bonds is 6. The van der Waals surface area contributed by atoms with Crippen molar-refractivity contribution < 1.29 is 4.79 Å². The zero-order valence-corrected chi connectivity index (χ0v) is 17.3. The van der Waals surface area contributed by atoms with Crippen molar-refractivity contribution in [3.63, 3.8) is 0 Å². The molecule has 7 nitrogen and oxygen atoms in total. The molecule has 28 heavy (non-hydrogen) atoms. The first-order valence-corrected chi connectivity index (χ1v) is 10.2. The minimum absolute atomic E-state index is 0.149. The molecule has 3 aromatic rings. The van der Waals surface area contributed by atoms with Crippen LogP contribution in [0.3, 0.4) is 0 Å². The molecular weight excluding hydrogens is 392 g/mol. The quantitative estimate of drug-likeness (QED) is 0.486. The summed E-state index contributed by atoms with van der Waals surface area (Å²) < 4.78 is 1.65. The van der Waals surface area contributed by atoms with Gasteiger partial charge in [-0.25, -0.2) is 0 Å². The molecule has 9 heteroatoms. The normalized spacial score (nSPS) is 10.5. The monoisotopic (exact) mass is 410 g/mol. The molecule has 0 fully saturated rings. The number of nitrogens with one attached hydrogen (secondary N) is 1. The van der Waals surface area contributed by atoms with Gasteiger partial charge in [0.05, 0.1) is 11.4 Å². The van der Waals surface area contributed by atoms with Gasteiger partial charge in [-0.3, -0.25) is 4.79 Å². The van der Waals surface area contributed by atoms with Crippen molar-refractivity contribution in [2.75, 3.05) is 11.1 Å². The maximum atomic E-state index is 12.4. The molecule has 0 radical (unpaired) electrons. The average Bonchev–Trinajstić information content (AvgIpc) is 3.13. The van der Waals surface area contributed by atoms with Gasteiger partial charge in [0.25, 0.3) is 0 Å². The molecule has 0 aliphatic heterocycles. The number of tetrazole rings is 1. The number of hydrogen-bond acceptors (Lipinski definition) is 7. The van der Waals surface area contributed by atoms with Gasteiger partial charge < -0.3 is 5.32 Å². The van der Waals surface area contributed by atoms with E-state index in [-0.39, 0.29) is 11.7 Å². The third kappa shape index (κ3) is 4.71. The Morgan fingerprint density at radius 1 is 1.18 bits per heavy atom. The maximum absolute atomic E-state index is 12.4. The molecule has 3 rings (SSSR count). The number of anilines is 1. The van der Waals surface area contributed by atoms with E-state index in [0.29, 0.717) is 5.16 Å². The van der Waals surface area contributed by atoms with Crippen LogP contribution in [0.2, 0.25) is 0 Å². The second-order valence-electron chi connectivity index (χ2n) is 6.17. The zero-order valence-electron chi connectivity index (χ0n) is 15.6. The van der Waals surface area contributed by atoms with Crippen molar-refractivity contribution >= 4 is 35.1 Å². The number of carbonyl (C=O) groups excluding carboxylic acids is 1. The SMILES string of the molecule is Cc1ccc(C)c(-n2nnnc2SCC(=O)Nc2ccc(SC#N)cc2C)c1. The van der Waals surface area contributed by atoms with E-state index >= 15 is 0 Å². The van der Waals surface area contributed by atoms with Crippen LogP contribution in [0.5, 0.6) is 0 Å². The number of thiocyanates is 1. The Balaban J connectivity index is 1.67. The molecule has 0 atom stereocenters. The molecule has 0 saturated carbocycles. The fraction of sp³-hybridized carbons (Fsp3) is 0.211. The molecule has 142 valence electrons. The summed E-state index contributed by atoms with van der Waals surface area (Å²) in [6.45, 7) is 5.90. The van der Waals surface area contributed by atoms with Crippen LogP contribution in [0, 0.1) is 31.4 Å². The van der Waals surface area contributed by atoms with E-state index in [2.05, 4.69) is 20.8 Å². The highest BCUT2D eigenvalue weighted by Crippen LogP contribution is 2.25. The highest BCUT2D eigenvalue weighted by atomic mass is 32.2. The molecule has 0 aliphatic carbocycles. The first-order valence-electron chi connectivity index (χ1n) is 8.43. The molecule has 0 bridgehead atoms. The fourth-order valence-electron chi connectivity index (χ4n) is 2.58. The lowest BCUT2D eigenvalue weighted by atomic mass is 10.1. The summed E-state index contributed by atoms with van der Waals surface area (Å²) >= 11 is 2.37. The van der Waals surface area contributed by atoms with Gasteiger partial charge in [0.15, 0.2) is 0 Å². The molecule has 0 unspecified atom stereocenters. The molecule has 0 aliphatic rings. The van der Waals surface area contributed by atoms with Crippen molar-refractivity contribution in [3.8, 4) is 11.1 Å². The van der Waals surface area contributed by atoms with E-state index in [1.165, 1.54) is 11.8 Å².